The Labute approximate surface area is 411 Å². The van der Waals surface area contributed by atoms with Gasteiger partial charge in [-0.05, 0) is 70.6 Å². The lowest BCUT2D eigenvalue weighted by Gasteiger charge is -2.24. The number of ether oxygens (including phenoxy) is 2. The van der Waals surface area contributed by atoms with Crippen LogP contribution in [0.15, 0.2) is 85.1 Å². The Morgan fingerprint density at radius 3 is 1.27 bits per heavy atom. The van der Waals surface area contributed by atoms with E-state index in [1.54, 1.807) is 0 Å². The highest BCUT2D eigenvalue weighted by molar-refractivity contribution is 7.47. The van der Waals surface area contributed by atoms with Gasteiger partial charge in [-0.1, -0.05) is 214 Å². The number of hydrogen-bond donors (Lipinski definition) is 1. The molecule has 0 radical (unpaired) electrons. The quantitative estimate of drug-likeness (QED) is 0.0211. The number of unbranched alkanes of at least 4 members (excludes halogenated alkanes) is 20. The van der Waals surface area contributed by atoms with Crippen LogP contribution in [0.25, 0.3) is 0 Å². The van der Waals surface area contributed by atoms with E-state index in [-0.39, 0.29) is 32.0 Å². The zero-order valence-corrected chi connectivity index (χ0v) is 44.5. The van der Waals surface area contributed by atoms with Crippen molar-refractivity contribution in [3.63, 3.8) is 0 Å². The first-order valence-corrected chi connectivity index (χ1v) is 28.3. The van der Waals surface area contributed by atoms with E-state index in [0.29, 0.717) is 17.4 Å². The Bertz CT molecular complexity index is 1410. The van der Waals surface area contributed by atoms with Crippen molar-refractivity contribution < 1.29 is 42.1 Å². The highest BCUT2D eigenvalue weighted by atomic mass is 31.2. The molecule has 386 valence electrons. The second-order valence-corrected chi connectivity index (χ2v) is 20.3. The number of phosphoric ester groups is 1. The number of nitrogens with zero attached hydrogens (tertiary/aromatic N) is 1. The second-order valence-electron chi connectivity index (χ2n) is 18.9. The standard InChI is InChI=1S/C57H100NO8P/c1-6-8-10-12-14-16-18-19-20-21-22-23-24-25-26-27-28-29-30-31-32-33-34-35-36-37-38-39-40-42-44-46-48-50-57(60)66-55(54-65-67(61,62)64-52-51-58(3,4)5)53-63-56(59)49-47-45-43-41-17-15-13-11-9-7-2/h8,10,14,16,19-20,22-23,25-26,28-29,31-32,55H,6-7,9,11-13,15,17-18,21,24,27,30,33-54H2,1-5H3/p+1/b10-8-,16-14-,20-19-,23-22-,26-25-,29-28-,32-31-. The molecule has 0 rings (SSSR count). The van der Waals surface area contributed by atoms with Crippen LogP contribution in [0.2, 0.25) is 0 Å². The summed E-state index contributed by atoms with van der Waals surface area (Å²) in [5, 5.41) is 0. The number of carbonyl (C=O) groups excluding carboxylic acids is 2. The van der Waals surface area contributed by atoms with Gasteiger partial charge in [0.15, 0.2) is 6.10 Å². The van der Waals surface area contributed by atoms with E-state index in [4.69, 9.17) is 18.5 Å². The van der Waals surface area contributed by atoms with Crippen LogP contribution in [0.5, 0.6) is 0 Å². The largest absolute Gasteiger partial charge is 0.472 e. The summed E-state index contributed by atoms with van der Waals surface area (Å²) in [6.07, 6.45) is 63.7. The van der Waals surface area contributed by atoms with E-state index in [2.05, 4.69) is 98.9 Å². The minimum atomic E-state index is -4.38. The summed E-state index contributed by atoms with van der Waals surface area (Å²) in [6.45, 7) is 4.29. The third-order valence-corrected chi connectivity index (χ3v) is 12.2. The zero-order valence-electron chi connectivity index (χ0n) is 43.6. The molecule has 0 amide bonds. The zero-order chi connectivity index (χ0) is 49.2. The third-order valence-electron chi connectivity index (χ3n) is 11.2. The van der Waals surface area contributed by atoms with Gasteiger partial charge in [0.1, 0.15) is 19.8 Å². The molecule has 0 aromatic carbocycles. The first kappa shape index (κ1) is 64.2. The predicted octanol–water partition coefficient (Wildman–Crippen LogP) is 16.3. The smallest absolute Gasteiger partial charge is 0.462 e. The van der Waals surface area contributed by atoms with Crippen LogP contribution in [0.3, 0.4) is 0 Å². The lowest BCUT2D eigenvalue weighted by atomic mass is 10.0. The second kappa shape index (κ2) is 48.2. The number of carbonyl (C=O) groups is 2. The lowest BCUT2D eigenvalue weighted by Crippen LogP contribution is -2.37. The Kier molecular flexibility index (Phi) is 46.2. The molecule has 0 aromatic rings. The minimum absolute atomic E-state index is 0.0291. The van der Waals surface area contributed by atoms with Crippen LogP contribution in [0.1, 0.15) is 213 Å². The van der Waals surface area contributed by atoms with E-state index in [1.807, 2.05) is 21.1 Å². The predicted molar refractivity (Wildman–Crippen MR) is 284 cm³/mol. The summed E-state index contributed by atoms with van der Waals surface area (Å²) in [6, 6.07) is 0. The maximum atomic E-state index is 12.8. The molecule has 1 N–H and O–H groups in total. The van der Waals surface area contributed by atoms with Crippen LogP contribution < -0.4 is 0 Å². The normalized spacial score (nSPS) is 14.1. The third kappa shape index (κ3) is 52.4. The maximum absolute atomic E-state index is 12.8. The van der Waals surface area contributed by atoms with Crippen LogP contribution in [0, 0.1) is 0 Å². The number of allylic oxidation sites excluding steroid dienone is 14. The van der Waals surface area contributed by atoms with Crippen molar-refractivity contribution >= 4 is 19.8 Å². The van der Waals surface area contributed by atoms with Crippen molar-refractivity contribution in [3.05, 3.63) is 85.1 Å². The summed E-state index contributed by atoms with van der Waals surface area (Å²) in [5.41, 5.74) is 0. The molecule has 0 fully saturated rings. The summed E-state index contributed by atoms with van der Waals surface area (Å²) in [5.74, 6) is -0.804. The Balaban J connectivity index is 4.09. The SMILES string of the molecule is CC/C=C\C/C=C\C/C=C\C/C=C\C/C=C\C/C=C\C/C=C\CCCCCCCCCCCCCC(=O)OC(COC(=O)CCCCCCCCCCCC)COP(=O)(O)OCC[N+](C)(C)C. The lowest BCUT2D eigenvalue weighted by molar-refractivity contribution is -0.870. The van der Waals surface area contributed by atoms with Crippen molar-refractivity contribution in [3.8, 4) is 0 Å². The van der Waals surface area contributed by atoms with E-state index >= 15 is 0 Å². The molecule has 0 aromatic heterocycles. The molecule has 0 aliphatic rings. The number of likely N-dealkylation sites (N-methyl/N-ethyl adjacent to an activating group) is 1. The molecule has 0 saturated heterocycles. The molecule has 67 heavy (non-hydrogen) atoms. The van der Waals surface area contributed by atoms with Gasteiger partial charge in [-0.25, -0.2) is 4.57 Å². The highest BCUT2D eigenvalue weighted by Crippen LogP contribution is 2.43. The van der Waals surface area contributed by atoms with Crippen molar-refractivity contribution in [2.75, 3.05) is 47.5 Å². The molecule has 0 spiro atoms. The molecular formula is C57H101NO8P+. The molecule has 0 aliphatic heterocycles. The molecule has 2 atom stereocenters. The first-order valence-electron chi connectivity index (χ1n) is 26.8. The number of quaternary nitrogens is 1. The van der Waals surface area contributed by atoms with Gasteiger partial charge in [-0.2, -0.15) is 0 Å². The fourth-order valence-corrected chi connectivity index (χ4v) is 7.80. The van der Waals surface area contributed by atoms with Gasteiger partial charge in [0, 0.05) is 12.8 Å². The van der Waals surface area contributed by atoms with Crippen LogP contribution in [-0.4, -0.2) is 74.9 Å². The van der Waals surface area contributed by atoms with Gasteiger partial charge in [0.25, 0.3) is 0 Å². The minimum Gasteiger partial charge on any atom is -0.462 e. The fraction of sp³-hybridized carbons (Fsp3) is 0.719. The number of hydrogen-bond acceptors (Lipinski definition) is 7. The average Bonchev–Trinajstić information content (AvgIpc) is 3.29. The number of esters is 2. The van der Waals surface area contributed by atoms with Crippen molar-refractivity contribution in [2.45, 2.75) is 219 Å². The molecule has 10 heteroatoms. The van der Waals surface area contributed by atoms with Crippen LogP contribution >= 0.6 is 7.82 Å². The molecule has 0 saturated carbocycles. The Morgan fingerprint density at radius 2 is 0.851 bits per heavy atom. The van der Waals surface area contributed by atoms with Gasteiger partial charge in [0.05, 0.1) is 27.7 Å². The fourth-order valence-electron chi connectivity index (χ4n) is 7.05. The molecule has 0 aliphatic carbocycles. The Morgan fingerprint density at radius 1 is 0.478 bits per heavy atom. The van der Waals surface area contributed by atoms with E-state index in [0.717, 1.165) is 89.9 Å². The molecule has 9 nitrogen and oxygen atoms in total. The molecule has 0 bridgehead atoms. The van der Waals surface area contributed by atoms with Crippen LogP contribution in [0.4, 0.5) is 0 Å². The van der Waals surface area contributed by atoms with Crippen molar-refractivity contribution in [1.29, 1.82) is 0 Å². The first-order chi connectivity index (χ1) is 32.5. The Hall–Kier alpha value is -2.81. The topological polar surface area (TPSA) is 108 Å². The summed E-state index contributed by atoms with van der Waals surface area (Å²) in [7, 11) is 1.47. The average molecular weight is 959 g/mol. The van der Waals surface area contributed by atoms with E-state index in [9.17, 15) is 19.0 Å². The van der Waals surface area contributed by atoms with Gasteiger partial charge < -0.3 is 18.9 Å². The number of rotatable bonds is 48. The van der Waals surface area contributed by atoms with E-state index in [1.165, 1.54) is 89.9 Å². The highest BCUT2D eigenvalue weighted by Gasteiger charge is 2.27. The summed E-state index contributed by atoms with van der Waals surface area (Å²) >= 11 is 0. The van der Waals surface area contributed by atoms with Crippen LogP contribution in [-0.2, 0) is 32.7 Å². The van der Waals surface area contributed by atoms with Gasteiger partial charge in [-0.3, -0.25) is 18.6 Å². The molecule has 2 unspecified atom stereocenters. The monoisotopic (exact) mass is 959 g/mol. The summed E-state index contributed by atoms with van der Waals surface area (Å²) in [4.78, 5) is 35.4. The van der Waals surface area contributed by atoms with Gasteiger partial charge in [-0.15, -0.1) is 0 Å². The van der Waals surface area contributed by atoms with Crippen molar-refractivity contribution in [2.24, 2.45) is 0 Å². The summed E-state index contributed by atoms with van der Waals surface area (Å²) < 4.78 is 34.4. The molecule has 0 heterocycles. The van der Waals surface area contributed by atoms with E-state index < -0.39 is 26.5 Å². The maximum Gasteiger partial charge on any atom is 0.472 e. The number of phosphoric acid groups is 1. The molecular weight excluding hydrogens is 858 g/mol. The van der Waals surface area contributed by atoms with Gasteiger partial charge in [0.2, 0.25) is 0 Å². The van der Waals surface area contributed by atoms with Crippen molar-refractivity contribution in [1.82, 2.24) is 0 Å². The van der Waals surface area contributed by atoms with Gasteiger partial charge >= 0.3 is 19.8 Å².